The summed E-state index contributed by atoms with van der Waals surface area (Å²) in [6.45, 7) is 0. The van der Waals surface area contributed by atoms with Crippen molar-refractivity contribution in [2.45, 2.75) is 0 Å². The van der Waals surface area contributed by atoms with Crippen molar-refractivity contribution < 1.29 is 4.74 Å². The molecule has 1 aromatic carbocycles. The first-order valence-electron chi connectivity index (χ1n) is 4.93. The fourth-order valence-corrected chi connectivity index (χ4v) is 1.52. The van der Waals surface area contributed by atoms with E-state index in [1.165, 1.54) is 0 Å². The third kappa shape index (κ3) is 1.61. The number of nitrogens with one attached hydrogen (secondary N) is 1. The van der Waals surface area contributed by atoms with E-state index in [0.717, 1.165) is 22.4 Å². The lowest BCUT2D eigenvalue weighted by atomic mass is 10.2. The Balaban J connectivity index is 1.94. The fraction of sp³-hybridized carbons (Fsp3) is 0. The van der Waals surface area contributed by atoms with Gasteiger partial charge in [-0.05, 0) is 24.3 Å². The fourth-order valence-electron chi connectivity index (χ4n) is 1.52. The van der Waals surface area contributed by atoms with Crippen molar-refractivity contribution in [1.82, 2.24) is 15.2 Å². The Morgan fingerprint density at radius 1 is 1.00 bits per heavy atom. The van der Waals surface area contributed by atoms with E-state index in [2.05, 4.69) is 15.2 Å². The molecular formula is C12H9N3O. The van der Waals surface area contributed by atoms with Crippen LogP contribution in [0.25, 0.3) is 10.9 Å². The molecule has 0 aliphatic heterocycles. The van der Waals surface area contributed by atoms with Crippen LogP contribution < -0.4 is 4.74 Å². The maximum absolute atomic E-state index is 5.67. The smallest absolute Gasteiger partial charge is 0.130 e. The molecule has 4 heteroatoms. The molecule has 0 amide bonds. The van der Waals surface area contributed by atoms with Crippen LogP contribution in [-0.4, -0.2) is 15.2 Å². The van der Waals surface area contributed by atoms with Gasteiger partial charge in [0, 0.05) is 23.8 Å². The lowest BCUT2D eigenvalue weighted by Gasteiger charge is -2.04. The van der Waals surface area contributed by atoms with Crippen molar-refractivity contribution in [1.29, 1.82) is 0 Å². The van der Waals surface area contributed by atoms with E-state index < -0.39 is 0 Å². The normalized spacial score (nSPS) is 10.5. The molecule has 0 bridgehead atoms. The maximum Gasteiger partial charge on any atom is 0.130 e. The van der Waals surface area contributed by atoms with Gasteiger partial charge in [-0.1, -0.05) is 0 Å². The molecule has 0 spiro atoms. The highest BCUT2D eigenvalue weighted by atomic mass is 16.5. The van der Waals surface area contributed by atoms with Crippen molar-refractivity contribution in [3.05, 3.63) is 48.9 Å². The van der Waals surface area contributed by atoms with Crippen LogP contribution in [0.5, 0.6) is 11.5 Å². The zero-order chi connectivity index (χ0) is 10.8. The Labute approximate surface area is 91.9 Å². The van der Waals surface area contributed by atoms with Crippen molar-refractivity contribution >= 4 is 10.9 Å². The Kier molecular flexibility index (Phi) is 2.04. The van der Waals surface area contributed by atoms with Gasteiger partial charge in [0.2, 0.25) is 0 Å². The summed E-state index contributed by atoms with van der Waals surface area (Å²) >= 11 is 0. The molecule has 0 atom stereocenters. The number of fused-ring (bicyclic) bond motifs is 1. The van der Waals surface area contributed by atoms with Crippen molar-refractivity contribution in [3.63, 3.8) is 0 Å². The molecule has 0 fully saturated rings. The van der Waals surface area contributed by atoms with Crippen LogP contribution in [-0.2, 0) is 0 Å². The predicted molar refractivity (Wildman–Crippen MR) is 60.4 cm³/mol. The average molecular weight is 211 g/mol. The number of hydrogen-bond donors (Lipinski definition) is 1. The summed E-state index contributed by atoms with van der Waals surface area (Å²) in [6.07, 6.45) is 5.18. The Bertz CT molecular complexity index is 604. The van der Waals surface area contributed by atoms with Crippen molar-refractivity contribution in [2.75, 3.05) is 0 Å². The number of aromatic amines is 1. The number of aromatic nitrogens is 3. The molecule has 0 saturated heterocycles. The summed E-state index contributed by atoms with van der Waals surface area (Å²) in [6, 6.07) is 9.44. The predicted octanol–water partition coefficient (Wildman–Crippen LogP) is 2.75. The third-order valence-corrected chi connectivity index (χ3v) is 2.30. The van der Waals surface area contributed by atoms with E-state index in [4.69, 9.17) is 4.74 Å². The minimum atomic E-state index is 0.772. The van der Waals surface area contributed by atoms with Gasteiger partial charge in [0.1, 0.15) is 11.5 Å². The molecule has 0 aliphatic carbocycles. The van der Waals surface area contributed by atoms with Crippen molar-refractivity contribution in [2.24, 2.45) is 0 Å². The van der Waals surface area contributed by atoms with Gasteiger partial charge in [-0.2, -0.15) is 5.10 Å². The molecule has 78 valence electrons. The number of benzene rings is 1. The second kappa shape index (κ2) is 3.66. The van der Waals surface area contributed by atoms with Gasteiger partial charge < -0.3 is 4.74 Å². The Morgan fingerprint density at radius 3 is 2.75 bits per heavy atom. The van der Waals surface area contributed by atoms with E-state index in [0.29, 0.717) is 0 Å². The average Bonchev–Trinajstić information content (AvgIpc) is 2.77. The number of hydrogen-bond acceptors (Lipinski definition) is 3. The molecule has 0 unspecified atom stereocenters. The molecule has 2 aromatic heterocycles. The van der Waals surface area contributed by atoms with Crippen LogP contribution in [0.1, 0.15) is 0 Å². The summed E-state index contributed by atoms with van der Waals surface area (Å²) in [5, 5.41) is 7.93. The van der Waals surface area contributed by atoms with Gasteiger partial charge in [0.15, 0.2) is 0 Å². The van der Waals surface area contributed by atoms with Gasteiger partial charge >= 0.3 is 0 Å². The summed E-state index contributed by atoms with van der Waals surface area (Å²) in [4.78, 5) is 3.93. The third-order valence-electron chi connectivity index (χ3n) is 2.30. The first-order chi connectivity index (χ1) is 7.92. The van der Waals surface area contributed by atoms with E-state index in [9.17, 15) is 0 Å². The van der Waals surface area contributed by atoms with Gasteiger partial charge in [0.25, 0.3) is 0 Å². The maximum atomic E-state index is 5.67. The summed E-state index contributed by atoms with van der Waals surface area (Å²) in [5.41, 5.74) is 0.964. The van der Waals surface area contributed by atoms with E-state index in [-0.39, 0.29) is 0 Å². The Hall–Kier alpha value is -2.36. The Morgan fingerprint density at radius 2 is 1.88 bits per heavy atom. The van der Waals surface area contributed by atoms with Gasteiger partial charge in [-0.15, -0.1) is 0 Å². The second-order valence-electron chi connectivity index (χ2n) is 3.40. The lowest BCUT2D eigenvalue weighted by molar-refractivity contribution is 0.482. The van der Waals surface area contributed by atoms with E-state index in [1.54, 1.807) is 18.6 Å². The van der Waals surface area contributed by atoms with Crippen LogP contribution in [0.3, 0.4) is 0 Å². The molecule has 2 heterocycles. The highest BCUT2D eigenvalue weighted by Gasteiger charge is 1.99. The molecule has 3 rings (SSSR count). The molecule has 1 N–H and O–H groups in total. The first kappa shape index (κ1) is 8.91. The SMILES string of the molecule is c1cc(Oc2ccc3cn[nH]c3c2)ccn1. The first-order valence-corrected chi connectivity index (χ1v) is 4.93. The minimum absolute atomic E-state index is 0.772. The highest BCUT2D eigenvalue weighted by molar-refractivity contribution is 5.79. The molecule has 0 saturated carbocycles. The van der Waals surface area contributed by atoms with E-state index in [1.807, 2.05) is 30.3 Å². The molecule has 0 radical (unpaired) electrons. The van der Waals surface area contributed by atoms with Gasteiger partial charge in [-0.3, -0.25) is 10.1 Å². The standard InChI is InChI=1S/C12H9N3O/c1-2-11(7-12-9(1)8-14-15-12)16-10-3-5-13-6-4-10/h1-8H,(H,14,15). The largest absolute Gasteiger partial charge is 0.457 e. The molecule has 16 heavy (non-hydrogen) atoms. The quantitative estimate of drug-likeness (QED) is 0.709. The molecule has 0 aliphatic rings. The van der Waals surface area contributed by atoms with Crippen LogP contribution in [0, 0.1) is 0 Å². The number of pyridine rings is 1. The van der Waals surface area contributed by atoms with Crippen LogP contribution in [0.2, 0.25) is 0 Å². The summed E-state index contributed by atoms with van der Waals surface area (Å²) in [7, 11) is 0. The van der Waals surface area contributed by atoms with Crippen LogP contribution in [0.4, 0.5) is 0 Å². The summed E-state index contributed by atoms with van der Waals surface area (Å²) < 4.78 is 5.67. The number of nitrogens with zero attached hydrogens (tertiary/aromatic N) is 2. The van der Waals surface area contributed by atoms with Crippen LogP contribution >= 0.6 is 0 Å². The lowest BCUT2D eigenvalue weighted by Crippen LogP contribution is -1.83. The second-order valence-corrected chi connectivity index (χ2v) is 3.40. The highest BCUT2D eigenvalue weighted by Crippen LogP contribution is 2.23. The molecule has 4 nitrogen and oxygen atoms in total. The zero-order valence-electron chi connectivity index (χ0n) is 8.42. The topological polar surface area (TPSA) is 50.8 Å². The number of ether oxygens (including phenoxy) is 1. The number of rotatable bonds is 2. The molecular weight excluding hydrogens is 202 g/mol. The van der Waals surface area contributed by atoms with E-state index >= 15 is 0 Å². The summed E-state index contributed by atoms with van der Waals surface area (Å²) in [5.74, 6) is 1.55. The zero-order valence-corrected chi connectivity index (χ0v) is 8.42. The number of H-pyrrole nitrogens is 1. The monoisotopic (exact) mass is 211 g/mol. The van der Waals surface area contributed by atoms with Gasteiger partial charge in [0.05, 0.1) is 11.7 Å². The van der Waals surface area contributed by atoms with Crippen molar-refractivity contribution in [3.8, 4) is 11.5 Å². The minimum Gasteiger partial charge on any atom is -0.457 e. The molecule has 3 aromatic rings. The van der Waals surface area contributed by atoms with Crippen LogP contribution in [0.15, 0.2) is 48.9 Å². The van der Waals surface area contributed by atoms with Gasteiger partial charge in [-0.25, -0.2) is 0 Å².